The third-order valence-corrected chi connectivity index (χ3v) is 3.78. The molecule has 0 spiro atoms. The minimum absolute atomic E-state index is 0.949. The first-order chi connectivity index (χ1) is 11.0. The Morgan fingerprint density at radius 1 is 0.783 bits per heavy atom. The molecule has 6 heteroatoms. The lowest BCUT2D eigenvalue weighted by Gasteiger charge is -1.93. The van der Waals surface area contributed by atoms with Gasteiger partial charge in [-0.3, -0.25) is 0 Å². The summed E-state index contributed by atoms with van der Waals surface area (Å²) in [7, 11) is 0. The highest BCUT2D eigenvalue weighted by molar-refractivity contribution is 5.48. The fourth-order valence-electron chi connectivity index (χ4n) is 2.31. The van der Waals surface area contributed by atoms with Crippen LogP contribution >= 0.6 is 0 Å². The van der Waals surface area contributed by atoms with Crippen molar-refractivity contribution in [2.45, 2.75) is 34.6 Å². The summed E-state index contributed by atoms with van der Waals surface area (Å²) in [5, 5.41) is 8.42. The van der Waals surface area contributed by atoms with Crippen molar-refractivity contribution >= 4 is 11.3 Å². The van der Waals surface area contributed by atoms with Gasteiger partial charge in [0.05, 0.1) is 11.9 Å². The summed E-state index contributed by atoms with van der Waals surface area (Å²) >= 11 is 0. The minimum Gasteiger partial charge on any atom is -0.234 e. The van der Waals surface area contributed by atoms with Crippen molar-refractivity contribution in [2.24, 2.45) is 0 Å². The van der Waals surface area contributed by atoms with Gasteiger partial charge in [0.1, 0.15) is 0 Å². The van der Waals surface area contributed by atoms with Crippen LogP contribution in [0.4, 0.5) is 0 Å². The summed E-state index contributed by atoms with van der Waals surface area (Å²) < 4.78 is 3.60. The molecule has 4 aromatic rings. The van der Waals surface area contributed by atoms with Crippen molar-refractivity contribution in [3.63, 3.8) is 0 Å². The summed E-state index contributed by atoms with van der Waals surface area (Å²) in [6.45, 7) is 10.0. The van der Waals surface area contributed by atoms with E-state index in [1.807, 2.05) is 69.9 Å². The molecule has 0 radical (unpaired) electrons. The molecule has 0 bridgehead atoms. The number of fused-ring (bicyclic) bond motifs is 2. The minimum atomic E-state index is 0.949. The SMILES string of the molecule is Cc1ccn2nc(C)c(C)c2n1.Cc1ccn2ncc(C)c2n1. The molecule has 118 valence electrons. The van der Waals surface area contributed by atoms with Crippen molar-refractivity contribution in [2.75, 3.05) is 0 Å². The van der Waals surface area contributed by atoms with E-state index in [0.29, 0.717) is 0 Å². The second-order valence-electron chi connectivity index (χ2n) is 5.71. The predicted molar refractivity (Wildman–Crippen MR) is 89.7 cm³/mol. The van der Waals surface area contributed by atoms with Crippen LogP contribution in [0.15, 0.2) is 30.7 Å². The van der Waals surface area contributed by atoms with Crippen LogP contribution in [0.2, 0.25) is 0 Å². The Bertz CT molecular complexity index is 979. The molecule has 4 heterocycles. The standard InChI is InChI=1S/C9H11N3.C8H9N3/c1-6-4-5-12-9(10-6)7(2)8(3)11-12;1-6-5-9-11-4-3-7(2)10-8(6)11/h4-5H,1-3H3;3-5H,1-2H3. The van der Waals surface area contributed by atoms with E-state index in [-0.39, 0.29) is 0 Å². The summed E-state index contributed by atoms with van der Waals surface area (Å²) in [6.07, 6.45) is 5.68. The van der Waals surface area contributed by atoms with Gasteiger partial charge in [0.25, 0.3) is 0 Å². The van der Waals surface area contributed by atoms with E-state index < -0.39 is 0 Å². The fraction of sp³-hybridized carbons (Fsp3) is 0.294. The van der Waals surface area contributed by atoms with Crippen LogP contribution < -0.4 is 0 Å². The molecular weight excluding hydrogens is 288 g/mol. The van der Waals surface area contributed by atoms with Crippen molar-refractivity contribution in [3.05, 3.63) is 58.9 Å². The summed E-state index contributed by atoms with van der Waals surface area (Å²) in [6, 6.07) is 3.90. The van der Waals surface area contributed by atoms with Gasteiger partial charge in [-0.25, -0.2) is 19.0 Å². The maximum absolute atomic E-state index is 4.40. The molecule has 4 rings (SSSR count). The summed E-state index contributed by atoms with van der Waals surface area (Å²) in [4.78, 5) is 8.73. The van der Waals surface area contributed by atoms with Gasteiger partial charge in [-0.15, -0.1) is 0 Å². The van der Waals surface area contributed by atoms with Gasteiger partial charge < -0.3 is 0 Å². The van der Waals surface area contributed by atoms with Gasteiger partial charge in [0, 0.05) is 34.9 Å². The Balaban J connectivity index is 0.000000136. The fourth-order valence-corrected chi connectivity index (χ4v) is 2.31. The van der Waals surface area contributed by atoms with Gasteiger partial charge in [-0.1, -0.05) is 0 Å². The predicted octanol–water partition coefficient (Wildman–Crippen LogP) is 3.00. The first-order valence-corrected chi connectivity index (χ1v) is 7.52. The van der Waals surface area contributed by atoms with E-state index in [9.17, 15) is 0 Å². The van der Waals surface area contributed by atoms with E-state index in [2.05, 4.69) is 20.2 Å². The Morgan fingerprint density at radius 2 is 1.39 bits per heavy atom. The molecule has 23 heavy (non-hydrogen) atoms. The lowest BCUT2D eigenvalue weighted by molar-refractivity contribution is 0.909. The van der Waals surface area contributed by atoms with E-state index in [1.165, 1.54) is 5.56 Å². The van der Waals surface area contributed by atoms with E-state index >= 15 is 0 Å². The topological polar surface area (TPSA) is 60.4 Å². The van der Waals surface area contributed by atoms with Crippen LogP contribution in [0, 0.1) is 34.6 Å². The number of aromatic nitrogens is 6. The van der Waals surface area contributed by atoms with Crippen molar-refractivity contribution in [1.29, 1.82) is 0 Å². The molecule has 6 nitrogen and oxygen atoms in total. The quantitative estimate of drug-likeness (QED) is 0.501. The zero-order chi connectivity index (χ0) is 16.6. The van der Waals surface area contributed by atoms with Crippen molar-refractivity contribution in [1.82, 2.24) is 29.2 Å². The number of rotatable bonds is 0. The van der Waals surface area contributed by atoms with Gasteiger partial charge >= 0.3 is 0 Å². The van der Waals surface area contributed by atoms with Crippen LogP contribution in [0.1, 0.15) is 28.2 Å². The Hall–Kier alpha value is -2.76. The highest BCUT2D eigenvalue weighted by Crippen LogP contribution is 2.11. The normalized spacial score (nSPS) is 10.8. The summed E-state index contributed by atoms with van der Waals surface area (Å²) in [5.74, 6) is 0. The molecule has 0 saturated carbocycles. The molecular formula is C17H20N6. The molecule has 0 unspecified atom stereocenters. The highest BCUT2D eigenvalue weighted by Gasteiger charge is 2.04. The van der Waals surface area contributed by atoms with E-state index in [0.717, 1.165) is 33.9 Å². The summed E-state index contributed by atoms with van der Waals surface area (Å²) in [5.41, 5.74) is 7.31. The smallest absolute Gasteiger partial charge is 0.158 e. The van der Waals surface area contributed by atoms with Gasteiger partial charge in [-0.05, 0) is 46.8 Å². The zero-order valence-electron chi connectivity index (χ0n) is 14.1. The maximum Gasteiger partial charge on any atom is 0.158 e. The second kappa shape index (κ2) is 5.79. The average molecular weight is 308 g/mol. The molecule has 0 amide bonds. The largest absolute Gasteiger partial charge is 0.234 e. The first-order valence-electron chi connectivity index (χ1n) is 7.52. The Labute approximate surface area is 134 Å². The van der Waals surface area contributed by atoms with Crippen LogP contribution in [0.25, 0.3) is 11.3 Å². The highest BCUT2D eigenvalue weighted by atomic mass is 15.2. The second-order valence-corrected chi connectivity index (χ2v) is 5.71. The van der Waals surface area contributed by atoms with E-state index in [1.54, 1.807) is 4.52 Å². The Kier molecular flexibility index (Phi) is 3.82. The van der Waals surface area contributed by atoms with Crippen LogP contribution in [-0.4, -0.2) is 29.2 Å². The molecule has 0 atom stereocenters. The lowest BCUT2D eigenvalue weighted by atomic mass is 10.3. The average Bonchev–Trinajstić information content (AvgIpc) is 3.02. The lowest BCUT2D eigenvalue weighted by Crippen LogP contribution is -1.90. The van der Waals surface area contributed by atoms with Crippen LogP contribution in [-0.2, 0) is 0 Å². The van der Waals surface area contributed by atoms with Gasteiger partial charge in [-0.2, -0.15) is 10.2 Å². The number of aryl methyl sites for hydroxylation is 5. The molecule has 0 aliphatic heterocycles. The first kappa shape index (κ1) is 15.1. The molecule has 0 aliphatic carbocycles. The monoisotopic (exact) mass is 308 g/mol. The molecule has 4 aromatic heterocycles. The molecule has 0 saturated heterocycles. The molecule has 0 fully saturated rings. The third kappa shape index (κ3) is 2.92. The van der Waals surface area contributed by atoms with Gasteiger partial charge in [0.2, 0.25) is 0 Å². The zero-order valence-corrected chi connectivity index (χ0v) is 14.1. The van der Waals surface area contributed by atoms with Crippen LogP contribution in [0.3, 0.4) is 0 Å². The van der Waals surface area contributed by atoms with Gasteiger partial charge in [0.15, 0.2) is 11.3 Å². The van der Waals surface area contributed by atoms with Crippen molar-refractivity contribution in [3.8, 4) is 0 Å². The van der Waals surface area contributed by atoms with Crippen LogP contribution in [0.5, 0.6) is 0 Å². The molecule has 0 aliphatic rings. The molecule has 0 aromatic carbocycles. The number of hydrogen-bond donors (Lipinski definition) is 0. The third-order valence-electron chi connectivity index (χ3n) is 3.78. The Morgan fingerprint density at radius 3 is 2.09 bits per heavy atom. The van der Waals surface area contributed by atoms with E-state index in [4.69, 9.17) is 0 Å². The number of hydrogen-bond acceptors (Lipinski definition) is 4. The number of nitrogens with zero attached hydrogens (tertiary/aromatic N) is 6. The molecule has 0 N–H and O–H groups in total. The van der Waals surface area contributed by atoms with Crippen molar-refractivity contribution < 1.29 is 0 Å². The maximum atomic E-state index is 4.40.